The minimum atomic E-state index is -0.254. The van der Waals surface area contributed by atoms with Crippen molar-refractivity contribution in [1.29, 1.82) is 0 Å². The van der Waals surface area contributed by atoms with E-state index in [0.717, 1.165) is 30.4 Å². The topological polar surface area (TPSA) is 46.3 Å². The van der Waals surface area contributed by atoms with Gasteiger partial charge in [-0.1, -0.05) is 36.4 Å². The van der Waals surface area contributed by atoms with Crippen LogP contribution in [0.5, 0.6) is 0 Å². The zero-order valence-corrected chi connectivity index (χ0v) is 14.2. The Morgan fingerprint density at radius 1 is 1.12 bits per heavy atom. The van der Waals surface area contributed by atoms with Crippen molar-refractivity contribution < 1.29 is 9.18 Å². The van der Waals surface area contributed by atoms with E-state index in [-0.39, 0.29) is 23.7 Å². The lowest BCUT2D eigenvalue weighted by molar-refractivity contribution is -0.142. The summed E-state index contributed by atoms with van der Waals surface area (Å²) in [7, 11) is 0. The lowest BCUT2D eigenvalue weighted by atomic mass is 9.73. The third-order valence-corrected chi connectivity index (χ3v) is 5.67. The maximum absolute atomic E-state index is 13.4. The summed E-state index contributed by atoms with van der Waals surface area (Å²) in [6, 6.07) is 14.7. The highest BCUT2D eigenvalue weighted by molar-refractivity contribution is 5.81. The maximum atomic E-state index is 13.4. The largest absolute Gasteiger partial charge is 0.331 e. The number of rotatable bonds is 3. The number of nitrogens with zero attached hydrogens (tertiary/aromatic N) is 1. The molecule has 1 aliphatic heterocycles. The predicted molar refractivity (Wildman–Crippen MR) is 95.4 cm³/mol. The number of benzene rings is 2. The van der Waals surface area contributed by atoms with Crippen LogP contribution in [0.3, 0.4) is 0 Å². The number of carbonyl (C=O) groups excluding carboxylic acids is 1. The number of nitrogens with two attached hydrogens (primary N) is 1. The second-order valence-electron chi connectivity index (χ2n) is 7.20. The van der Waals surface area contributed by atoms with Gasteiger partial charge < -0.3 is 10.6 Å². The number of hydrogen-bond donors (Lipinski definition) is 1. The maximum Gasteiger partial charge on any atom is 0.226 e. The summed E-state index contributed by atoms with van der Waals surface area (Å²) in [5.41, 5.74) is 9.11. The number of carbonyl (C=O) groups is 1. The van der Waals surface area contributed by atoms with Gasteiger partial charge in [-0.05, 0) is 60.5 Å². The predicted octanol–water partition coefficient (Wildman–Crippen LogP) is 3.28. The first-order valence-corrected chi connectivity index (χ1v) is 9.01. The lowest BCUT2D eigenvalue weighted by Gasteiger charge is -2.43. The fourth-order valence-electron chi connectivity index (χ4n) is 4.17. The van der Waals surface area contributed by atoms with Crippen molar-refractivity contribution in [2.75, 3.05) is 13.1 Å². The Balaban J connectivity index is 1.68. The third kappa shape index (κ3) is 2.95. The average Bonchev–Trinajstić information content (AvgIpc) is 2.60. The number of amides is 1. The van der Waals surface area contributed by atoms with Gasteiger partial charge >= 0.3 is 0 Å². The molecular weight excluding hydrogens is 315 g/mol. The number of fused-ring (bicyclic) bond motifs is 1. The Kier molecular flexibility index (Phi) is 4.30. The van der Waals surface area contributed by atoms with Crippen LogP contribution in [0.1, 0.15) is 35.6 Å². The average molecular weight is 338 g/mol. The van der Waals surface area contributed by atoms with Crippen LogP contribution in [0.25, 0.3) is 0 Å². The fraction of sp³-hybridized carbons (Fsp3) is 0.381. The van der Waals surface area contributed by atoms with Gasteiger partial charge in [-0.15, -0.1) is 0 Å². The Hall–Kier alpha value is -2.20. The molecule has 130 valence electrons. The quantitative estimate of drug-likeness (QED) is 0.933. The van der Waals surface area contributed by atoms with E-state index >= 15 is 0 Å². The van der Waals surface area contributed by atoms with Crippen LogP contribution in [-0.2, 0) is 11.2 Å². The van der Waals surface area contributed by atoms with E-state index in [9.17, 15) is 9.18 Å². The van der Waals surface area contributed by atoms with Gasteiger partial charge in [-0.25, -0.2) is 4.39 Å². The Bertz CT molecular complexity index is 768. The standard InChI is InChI=1S/C21H23FN2O/c22-18-7-5-16(6-8-18)20-19-4-2-1-3-15(19)9-10-24(20)21(25)17-11-14(12-17)13-23/h1-8,14,17,20H,9-13,23H2/t14-,17+,20-/m0/s1. The summed E-state index contributed by atoms with van der Waals surface area (Å²) in [5.74, 6) is 0.529. The van der Waals surface area contributed by atoms with Gasteiger partial charge in [-0.2, -0.15) is 0 Å². The molecule has 1 saturated carbocycles. The van der Waals surface area contributed by atoms with Crippen molar-refractivity contribution in [1.82, 2.24) is 4.90 Å². The molecule has 0 saturated heterocycles. The molecule has 0 spiro atoms. The minimum absolute atomic E-state index is 0.0850. The second-order valence-corrected chi connectivity index (χ2v) is 7.20. The van der Waals surface area contributed by atoms with Gasteiger partial charge in [-0.3, -0.25) is 4.79 Å². The summed E-state index contributed by atoms with van der Waals surface area (Å²) >= 11 is 0. The van der Waals surface area contributed by atoms with E-state index in [1.165, 1.54) is 17.7 Å². The van der Waals surface area contributed by atoms with E-state index in [1.54, 1.807) is 12.1 Å². The molecule has 1 fully saturated rings. The van der Waals surface area contributed by atoms with Crippen molar-refractivity contribution in [3.05, 3.63) is 71.0 Å². The third-order valence-electron chi connectivity index (χ3n) is 5.67. The van der Waals surface area contributed by atoms with Gasteiger partial charge in [0.15, 0.2) is 0 Å². The first kappa shape index (κ1) is 16.3. The molecule has 1 heterocycles. The highest BCUT2D eigenvalue weighted by atomic mass is 19.1. The molecule has 2 aromatic carbocycles. The van der Waals surface area contributed by atoms with Crippen LogP contribution in [-0.4, -0.2) is 23.9 Å². The minimum Gasteiger partial charge on any atom is -0.331 e. The molecule has 0 aromatic heterocycles. The van der Waals surface area contributed by atoms with Gasteiger partial charge in [0.05, 0.1) is 6.04 Å². The molecule has 4 heteroatoms. The molecule has 2 aliphatic rings. The molecular formula is C21H23FN2O. The Morgan fingerprint density at radius 2 is 1.84 bits per heavy atom. The van der Waals surface area contributed by atoms with Crippen molar-refractivity contribution in [3.8, 4) is 0 Å². The van der Waals surface area contributed by atoms with Gasteiger partial charge in [0, 0.05) is 12.5 Å². The molecule has 1 aliphatic carbocycles. The smallest absolute Gasteiger partial charge is 0.226 e. The Morgan fingerprint density at radius 3 is 2.56 bits per heavy atom. The molecule has 2 aromatic rings. The first-order chi connectivity index (χ1) is 12.2. The van der Waals surface area contributed by atoms with Gasteiger partial charge in [0.2, 0.25) is 5.91 Å². The highest BCUT2D eigenvalue weighted by Gasteiger charge is 2.40. The lowest BCUT2D eigenvalue weighted by Crippen LogP contribution is -2.47. The highest BCUT2D eigenvalue weighted by Crippen LogP contribution is 2.40. The monoisotopic (exact) mass is 338 g/mol. The normalized spacial score (nSPS) is 25.2. The summed E-state index contributed by atoms with van der Waals surface area (Å²) in [6.07, 6.45) is 2.65. The van der Waals surface area contributed by atoms with E-state index in [4.69, 9.17) is 5.73 Å². The molecule has 25 heavy (non-hydrogen) atoms. The number of hydrogen-bond acceptors (Lipinski definition) is 2. The van der Waals surface area contributed by atoms with Crippen molar-refractivity contribution in [3.63, 3.8) is 0 Å². The Labute approximate surface area is 147 Å². The summed E-state index contributed by atoms with van der Waals surface area (Å²) < 4.78 is 13.4. The summed E-state index contributed by atoms with van der Waals surface area (Å²) in [4.78, 5) is 15.1. The van der Waals surface area contributed by atoms with E-state index in [1.807, 2.05) is 17.0 Å². The molecule has 0 unspecified atom stereocenters. The molecule has 0 radical (unpaired) electrons. The van der Waals surface area contributed by atoms with Crippen molar-refractivity contribution in [2.24, 2.45) is 17.6 Å². The van der Waals surface area contributed by atoms with Gasteiger partial charge in [0.1, 0.15) is 5.82 Å². The van der Waals surface area contributed by atoms with Crippen molar-refractivity contribution >= 4 is 5.91 Å². The second kappa shape index (κ2) is 6.60. The SMILES string of the molecule is NC[C@H]1C[C@@H](C(=O)N2CCc3ccccc3[C@@H]2c2ccc(F)cc2)C1. The van der Waals surface area contributed by atoms with Gasteiger partial charge in [0.25, 0.3) is 0 Å². The van der Waals surface area contributed by atoms with Crippen LogP contribution in [0, 0.1) is 17.7 Å². The van der Waals surface area contributed by atoms with E-state index in [2.05, 4.69) is 12.1 Å². The molecule has 3 nitrogen and oxygen atoms in total. The molecule has 2 N–H and O–H groups in total. The molecule has 0 bridgehead atoms. The zero-order chi connectivity index (χ0) is 17.4. The van der Waals surface area contributed by atoms with Crippen LogP contribution >= 0.6 is 0 Å². The van der Waals surface area contributed by atoms with E-state index in [0.29, 0.717) is 19.0 Å². The summed E-state index contributed by atoms with van der Waals surface area (Å²) in [5, 5.41) is 0. The number of halogens is 1. The van der Waals surface area contributed by atoms with Crippen LogP contribution in [0.15, 0.2) is 48.5 Å². The van der Waals surface area contributed by atoms with Crippen LogP contribution in [0.2, 0.25) is 0 Å². The first-order valence-electron chi connectivity index (χ1n) is 9.01. The summed E-state index contributed by atoms with van der Waals surface area (Å²) in [6.45, 7) is 1.37. The zero-order valence-electron chi connectivity index (χ0n) is 14.2. The molecule has 1 atom stereocenters. The fourth-order valence-corrected chi connectivity index (χ4v) is 4.17. The van der Waals surface area contributed by atoms with Crippen molar-refractivity contribution in [2.45, 2.75) is 25.3 Å². The van der Waals surface area contributed by atoms with E-state index < -0.39 is 0 Å². The molecule has 1 amide bonds. The van der Waals surface area contributed by atoms with Crippen LogP contribution < -0.4 is 5.73 Å². The molecule has 4 rings (SSSR count). The van der Waals surface area contributed by atoms with Crippen LogP contribution in [0.4, 0.5) is 4.39 Å².